The van der Waals surface area contributed by atoms with Crippen LogP contribution in [0.3, 0.4) is 0 Å². The first kappa shape index (κ1) is 8.51. The van der Waals surface area contributed by atoms with E-state index in [4.69, 9.17) is 9.84 Å². The zero-order chi connectivity index (χ0) is 9.26. The second-order valence-electron chi connectivity index (χ2n) is 3.32. The molecule has 0 spiro atoms. The van der Waals surface area contributed by atoms with E-state index in [-0.39, 0.29) is 18.0 Å². The van der Waals surface area contributed by atoms with Crippen LogP contribution < -0.4 is 4.74 Å². The Balaban J connectivity index is 1.94. The minimum absolute atomic E-state index is 0.0526. The molecule has 0 heterocycles. The summed E-state index contributed by atoms with van der Waals surface area (Å²) in [6, 6.07) is 6.06. The van der Waals surface area contributed by atoms with Crippen LogP contribution in [0.15, 0.2) is 24.3 Å². The van der Waals surface area contributed by atoms with Gasteiger partial charge in [0.05, 0.1) is 6.10 Å². The van der Waals surface area contributed by atoms with Gasteiger partial charge in [0.15, 0.2) is 0 Å². The van der Waals surface area contributed by atoms with Gasteiger partial charge in [-0.2, -0.15) is 0 Å². The van der Waals surface area contributed by atoms with Gasteiger partial charge in [-0.3, -0.25) is 0 Å². The van der Waals surface area contributed by atoms with Crippen LogP contribution in [0.25, 0.3) is 0 Å². The number of aliphatic hydroxyl groups is 1. The maximum atomic E-state index is 12.7. The van der Waals surface area contributed by atoms with E-state index >= 15 is 0 Å². The Morgan fingerprint density at radius 2 is 2.15 bits per heavy atom. The number of aliphatic hydroxyl groups excluding tert-OH is 1. The van der Waals surface area contributed by atoms with E-state index in [0.717, 1.165) is 0 Å². The Morgan fingerprint density at radius 1 is 1.38 bits per heavy atom. The zero-order valence-electron chi connectivity index (χ0n) is 7.11. The maximum Gasteiger partial charge on any atom is 0.126 e. The van der Waals surface area contributed by atoms with Gasteiger partial charge in [-0.1, -0.05) is 6.07 Å². The third kappa shape index (κ3) is 1.98. The number of benzene rings is 1. The van der Waals surface area contributed by atoms with Gasteiger partial charge in [-0.15, -0.1) is 0 Å². The lowest BCUT2D eigenvalue weighted by Crippen LogP contribution is -2.37. The van der Waals surface area contributed by atoms with Gasteiger partial charge < -0.3 is 9.84 Å². The molecular formula is C10H11FO2. The molecule has 2 nitrogen and oxygen atoms in total. The van der Waals surface area contributed by atoms with Crippen molar-refractivity contribution in [1.29, 1.82) is 0 Å². The van der Waals surface area contributed by atoms with Crippen molar-refractivity contribution in [2.45, 2.75) is 25.0 Å². The molecule has 2 rings (SSSR count). The summed E-state index contributed by atoms with van der Waals surface area (Å²) in [6.07, 6.45) is 1.11. The lowest BCUT2D eigenvalue weighted by Gasteiger charge is -2.31. The molecular weight excluding hydrogens is 171 g/mol. The molecule has 0 aromatic heterocycles. The first-order valence-electron chi connectivity index (χ1n) is 4.34. The quantitative estimate of drug-likeness (QED) is 0.754. The molecule has 0 atom stereocenters. The summed E-state index contributed by atoms with van der Waals surface area (Å²) in [5.74, 6) is 0.245. The van der Waals surface area contributed by atoms with Crippen molar-refractivity contribution in [2.24, 2.45) is 0 Å². The molecule has 1 aliphatic rings. The van der Waals surface area contributed by atoms with E-state index in [1.165, 1.54) is 12.1 Å². The molecule has 3 heteroatoms. The molecule has 0 saturated heterocycles. The van der Waals surface area contributed by atoms with E-state index < -0.39 is 0 Å². The summed E-state index contributed by atoms with van der Waals surface area (Å²) in [5, 5.41) is 9.00. The lowest BCUT2D eigenvalue weighted by molar-refractivity contribution is -0.0108. The Kier molecular flexibility index (Phi) is 2.19. The van der Waals surface area contributed by atoms with Crippen molar-refractivity contribution in [2.75, 3.05) is 0 Å². The minimum Gasteiger partial charge on any atom is -0.490 e. The summed E-state index contributed by atoms with van der Waals surface area (Å²) in [7, 11) is 0. The Bertz CT molecular complexity index is 295. The predicted octanol–water partition coefficient (Wildman–Crippen LogP) is 1.73. The van der Waals surface area contributed by atoms with Crippen LogP contribution in [0.5, 0.6) is 5.75 Å². The smallest absolute Gasteiger partial charge is 0.126 e. The molecule has 70 valence electrons. The summed E-state index contributed by atoms with van der Waals surface area (Å²) in [6.45, 7) is 0. The average molecular weight is 182 g/mol. The first-order chi connectivity index (χ1) is 6.24. The van der Waals surface area contributed by atoms with Crippen LogP contribution in [0.2, 0.25) is 0 Å². The lowest BCUT2D eigenvalue weighted by atomic mass is 9.92. The summed E-state index contributed by atoms with van der Waals surface area (Å²) < 4.78 is 18.1. The van der Waals surface area contributed by atoms with Crippen LogP contribution in [-0.2, 0) is 0 Å². The van der Waals surface area contributed by atoms with Crippen LogP contribution >= 0.6 is 0 Å². The van der Waals surface area contributed by atoms with Crippen LogP contribution in [-0.4, -0.2) is 17.3 Å². The van der Waals surface area contributed by atoms with Crippen molar-refractivity contribution < 1.29 is 14.2 Å². The molecule has 0 amide bonds. The van der Waals surface area contributed by atoms with E-state index in [0.29, 0.717) is 18.6 Å². The average Bonchev–Trinajstić information content (AvgIpc) is 2.01. The van der Waals surface area contributed by atoms with Crippen LogP contribution in [0, 0.1) is 5.82 Å². The fourth-order valence-electron chi connectivity index (χ4n) is 1.37. The fourth-order valence-corrected chi connectivity index (χ4v) is 1.37. The highest BCUT2D eigenvalue weighted by Crippen LogP contribution is 2.25. The number of hydrogen-bond donors (Lipinski definition) is 1. The highest BCUT2D eigenvalue weighted by atomic mass is 19.1. The largest absolute Gasteiger partial charge is 0.490 e. The third-order valence-electron chi connectivity index (χ3n) is 2.17. The summed E-state index contributed by atoms with van der Waals surface area (Å²) >= 11 is 0. The molecule has 1 aromatic rings. The normalized spacial score (nSPS) is 26.6. The maximum absolute atomic E-state index is 12.7. The van der Waals surface area contributed by atoms with Crippen LogP contribution in [0.1, 0.15) is 12.8 Å². The minimum atomic E-state index is -0.294. The molecule has 1 aliphatic carbocycles. The number of hydrogen-bond acceptors (Lipinski definition) is 2. The van der Waals surface area contributed by atoms with E-state index in [1.54, 1.807) is 12.1 Å². The van der Waals surface area contributed by atoms with Gasteiger partial charge in [-0.25, -0.2) is 4.39 Å². The SMILES string of the molecule is O[C@H]1C[C@@H](Oc2cccc(F)c2)C1. The second-order valence-corrected chi connectivity index (χ2v) is 3.32. The third-order valence-corrected chi connectivity index (χ3v) is 2.17. The zero-order valence-corrected chi connectivity index (χ0v) is 7.11. The standard InChI is InChI=1S/C10H11FO2/c11-7-2-1-3-9(4-7)13-10-5-8(12)6-10/h1-4,8,10,12H,5-6H2/t8-,10+. The first-order valence-corrected chi connectivity index (χ1v) is 4.34. The predicted molar refractivity (Wildman–Crippen MR) is 46.1 cm³/mol. The van der Waals surface area contributed by atoms with E-state index in [2.05, 4.69) is 0 Å². The van der Waals surface area contributed by atoms with Crippen LogP contribution in [0.4, 0.5) is 4.39 Å². The molecule has 1 aromatic carbocycles. The van der Waals surface area contributed by atoms with E-state index in [9.17, 15) is 4.39 Å². The number of ether oxygens (including phenoxy) is 1. The molecule has 1 saturated carbocycles. The highest BCUT2D eigenvalue weighted by molar-refractivity contribution is 5.22. The van der Waals surface area contributed by atoms with Gasteiger partial charge >= 0.3 is 0 Å². The van der Waals surface area contributed by atoms with Crippen molar-refractivity contribution in [1.82, 2.24) is 0 Å². The molecule has 0 aliphatic heterocycles. The monoisotopic (exact) mass is 182 g/mol. The Morgan fingerprint density at radius 3 is 2.77 bits per heavy atom. The molecule has 0 bridgehead atoms. The van der Waals surface area contributed by atoms with E-state index in [1.807, 2.05) is 0 Å². The molecule has 0 radical (unpaired) electrons. The Labute approximate surface area is 76.0 Å². The molecule has 13 heavy (non-hydrogen) atoms. The van der Waals surface area contributed by atoms with Gasteiger partial charge in [0.1, 0.15) is 17.7 Å². The van der Waals surface area contributed by atoms with Gasteiger partial charge in [0, 0.05) is 18.9 Å². The number of rotatable bonds is 2. The molecule has 1 N–H and O–H groups in total. The molecule has 0 unspecified atom stereocenters. The van der Waals surface area contributed by atoms with Gasteiger partial charge in [-0.05, 0) is 12.1 Å². The fraction of sp³-hybridized carbons (Fsp3) is 0.400. The summed E-state index contributed by atoms with van der Waals surface area (Å²) in [4.78, 5) is 0. The summed E-state index contributed by atoms with van der Waals surface area (Å²) in [5.41, 5.74) is 0. The van der Waals surface area contributed by atoms with Gasteiger partial charge in [0.25, 0.3) is 0 Å². The topological polar surface area (TPSA) is 29.5 Å². The van der Waals surface area contributed by atoms with Crippen molar-refractivity contribution in [3.05, 3.63) is 30.1 Å². The van der Waals surface area contributed by atoms with Crippen molar-refractivity contribution in [3.8, 4) is 5.75 Å². The highest BCUT2D eigenvalue weighted by Gasteiger charge is 2.28. The Hall–Kier alpha value is -1.09. The second kappa shape index (κ2) is 3.34. The van der Waals surface area contributed by atoms with Gasteiger partial charge in [0.2, 0.25) is 0 Å². The van der Waals surface area contributed by atoms with Crippen molar-refractivity contribution >= 4 is 0 Å². The number of halogens is 1. The molecule has 1 fully saturated rings. The van der Waals surface area contributed by atoms with Crippen molar-refractivity contribution in [3.63, 3.8) is 0 Å².